The Morgan fingerprint density at radius 2 is 2.19 bits per heavy atom. The first-order valence-corrected chi connectivity index (χ1v) is 7.63. The van der Waals surface area contributed by atoms with E-state index < -0.39 is 0 Å². The molecule has 2 aromatic rings. The number of hydrogen-bond acceptors (Lipinski definition) is 3. The van der Waals surface area contributed by atoms with Crippen LogP contribution in [0.25, 0.3) is 0 Å². The summed E-state index contributed by atoms with van der Waals surface area (Å²) < 4.78 is 20.2. The predicted octanol–water partition coefficient (Wildman–Crippen LogP) is 4.08. The molecular formula is C16H18BrFN2O. The summed E-state index contributed by atoms with van der Waals surface area (Å²) in [6, 6.07) is 6.59. The Balaban J connectivity index is 2.47. The fourth-order valence-electron chi connectivity index (χ4n) is 2.17. The number of pyridine rings is 1. The van der Waals surface area contributed by atoms with Gasteiger partial charge >= 0.3 is 0 Å². The van der Waals surface area contributed by atoms with Crippen LogP contribution in [0, 0.1) is 5.82 Å². The molecule has 3 nitrogen and oxygen atoms in total. The highest BCUT2D eigenvalue weighted by molar-refractivity contribution is 9.10. The van der Waals surface area contributed by atoms with Gasteiger partial charge in [0.15, 0.2) is 0 Å². The predicted molar refractivity (Wildman–Crippen MR) is 85.0 cm³/mol. The average Bonchev–Trinajstić information content (AvgIpc) is 2.50. The van der Waals surface area contributed by atoms with E-state index in [4.69, 9.17) is 4.74 Å². The maximum absolute atomic E-state index is 14.3. The summed E-state index contributed by atoms with van der Waals surface area (Å²) in [5.41, 5.74) is 1.45. The molecule has 1 atom stereocenters. The number of nitrogens with zero attached hydrogens (tertiary/aromatic N) is 1. The van der Waals surface area contributed by atoms with Crippen molar-refractivity contribution in [3.8, 4) is 5.75 Å². The fourth-order valence-corrected chi connectivity index (χ4v) is 2.74. The van der Waals surface area contributed by atoms with Gasteiger partial charge in [0.25, 0.3) is 0 Å². The molecule has 1 aromatic heterocycles. The molecule has 0 saturated heterocycles. The van der Waals surface area contributed by atoms with Crippen molar-refractivity contribution in [1.82, 2.24) is 10.3 Å². The van der Waals surface area contributed by atoms with Crippen molar-refractivity contribution < 1.29 is 9.13 Å². The van der Waals surface area contributed by atoms with Crippen LogP contribution in [0.3, 0.4) is 0 Å². The smallest absolute Gasteiger partial charge is 0.137 e. The Hall–Kier alpha value is -1.46. The molecule has 0 radical (unpaired) electrons. The number of hydrogen-bond donors (Lipinski definition) is 1. The van der Waals surface area contributed by atoms with Gasteiger partial charge in [0.1, 0.15) is 11.6 Å². The second-order valence-corrected chi connectivity index (χ2v) is 5.53. The number of nitrogens with one attached hydrogen (secondary N) is 1. The Morgan fingerprint density at radius 1 is 1.38 bits per heavy atom. The van der Waals surface area contributed by atoms with Crippen LogP contribution in [-0.4, -0.2) is 18.6 Å². The van der Waals surface area contributed by atoms with Gasteiger partial charge in [-0.1, -0.05) is 28.9 Å². The third-order valence-electron chi connectivity index (χ3n) is 3.19. The van der Waals surface area contributed by atoms with Crippen molar-refractivity contribution >= 4 is 15.9 Å². The number of methoxy groups -OCH3 is 1. The zero-order valence-electron chi connectivity index (χ0n) is 12.1. The van der Waals surface area contributed by atoms with E-state index >= 15 is 0 Å². The fraction of sp³-hybridized carbons (Fsp3) is 0.312. The summed E-state index contributed by atoms with van der Waals surface area (Å²) in [6.45, 7) is 2.85. The maximum Gasteiger partial charge on any atom is 0.137 e. The lowest BCUT2D eigenvalue weighted by molar-refractivity contribution is 0.411. The van der Waals surface area contributed by atoms with E-state index in [-0.39, 0.29) is 11.9 Å². The van der Waals surface area contributed by atoms with E-state index in [1.165, 1.54) is 6.07 Å². The van der Waals surface area contributed by atoms with Crippen molar-refractivity contribution in [1.29, 1.82) is 0 Å². The van der Waals surface area contributed by atoms with E-state index in [0.717, 1.165) is 23.0 Å². The minimum Gasteiger partial charge on any atom is -0.495 e. The van der Waals surface area contributed by atoms with E-state index in [0.29, 0.717) is 11.3 Å². The Morgan fingerprint density at radius 3 is 2.86 bits per heavy atom. The molecule has 0 aliphatic rings. The Labute approximate surface area is 132 Å². The van der Waals surface area contributed by atoms with Gasteiger partial charge in [-0.25, -0.2) is 4.39 Å². The molecule has 0 saturated carbocycles. The van der Waals surface area contributed by atoms with Crippen LogP contribution in [0.4, 0.5) is 4.39 Å². The molecule has 0 fully saturated rings. The summed E-state index contributed by atoms with van der Waals surface area (Å²) in [6.07, 6.45) is 4.32. The summed E-state index contributed by atoms with van der Waals surface area (Å²) in [5.74, 6) is 0.407. The zero-order chi connectivity index (χ0) is 15.2. The van der Waals surface area contributed by atoms with Crippen LogP contribution in [0.15, 0.2) is 41.1 Å². The number of halogens is 2. The summed E-state index contributed by atoms with van der Waals surface area (Å²) in [5, 5.41) is 3.37. The molecule has 1 aromatic carbocycles. The van der Waals surface area contributed by atoms with Crippen molar-refractivity contribution in [2.45, 2.75) is 19.4 Å². The van der Waals surface area contributed by atoms with E-state index in [1.54, 1.807) is 25.6 Å². The van der Waals surface area contributed by atoms with Crippen molar-refractivity contribution in [2.75, 3.05) is 13.7 Å². The van der Waals surface area contributed by atoms with Crippen molar-refractivity contribution in [2.24, 2.45) is 0 Å². The third kappa shape index (κ3) is 3.80. The lowest BCUT2D eigenvalue weighted by atomic mass is 9.99. The van der Waals surface area contributed by atoms with E-state index in [9.17, 15) is 4.39 Å². The molecule has 1 heterocycles. The second kappa shape index (κ2) is 7.52. The van der Waals surface area contributed by atoms with E-state index in [2.05, 4.69) is 33.2 Å². The molecule has 0 bridgehead atoms. The average molecular weight is 353 g/mol. The third-order valence-corrected chi connectivity index (χ3v) is 3.88. The Kier molecular flexibility index (Phi) is 5.70. The molecule has 1 unspecified atom stereocenters. The number of rotatable bonds is 6. The molecule has 21 heavy (non-hydrogen) atoms. The van der Waals surface area contributed by atoms with Crippen LogP contribution in [0.5, 0.6) is 5.75 Å². The lowest BCUT2D eigenvalue weighted by Crippen LogP contribution is -2.24. The first-order chi connectivity index (χ1) is 10.2. The number of aromatic nitrogens is 1. The van der Waals surface area contributed by atoms with Crippen LogP contribution < -0.4 is 10.1 Å². The lowest BCUT2D eigenvalue weighted by Gasteiger charge is -2.21. The minimum absolute atomic E-state index is 0.249. The van der Waals surface area contributed by atoms with Gasteiger partial charge < -0.3 is 10.1 Å². The van der Waals surface area contributed by atoms with Crippen LogP contribution in [0.2, 0.25) is 0 Å². The van der Waals surface area contributed by atoms with Crippen LogP contribution in [-0.2, 0) is 0 Å². The van der Waals surface area contributed by atoms with Gasteiger partial charge in [0.2, 0.25) is 0 Å². The normalized spacial score (nSPS) is 12.2. The van der Waals surface area contributed by atoms with Gasteiger partial charge in [-0.15, -0.1) is 0 Å². The summed E-state index contributed by atoms with van der Waals surface area (Å²) in [4.78, 5) is 4.17. The van der Waals surface area contributed by atoms with Crippen LogP contribution >= 0.6 is 15.9 Å². The molecule has 0 aliphatic heterocycles. The minimum atomic E-state index is -0.275. The Bertz CT molecular complexity index is 586. The highest BCUT2D eigenvalue weighted by Crippen LogP contribution is 2.31. The zero-order valence-corrected chi connectivity index (χ0v) is 13.7. The molecule has 112 valence electrons. The quantitative estimate of drug-likeness (QED) is 0.850. The van der Waals surface area contributed by atoms with Gasteiger partial charge in [-0.05, 0) is 36.7 Å². The summed E-state index contributed by atoms with van der Waals surface area (Å²) >= 11 is 3.44. The van der Waals surface area contributed by atoms with Gasteiger partial charge in [0.05, 0.1) is 19.3 Å². The topological polar surface area (TPSA) is 34.2 Å². The molecule has 0 spiro atoms. The van der Waals surface area contributed by atoms with Gasteiger partial charge in [-0.3, -0.25) is 4.98 Å². The van der Waals surface area contributed by atoms with Gasteiger partial charge in [0, 0.05) is 16.2 Å². The highest BCUT2D eigenvalue weighted by Gasteiger charge is 2.20. The standard InChI is InChI=1S/C16H18BrFN2O/c1-3-7-20-16(11-8-12(21-2)10-19-9-11)15-13(17)5-4-6-14(15)18/h4-6,8-10,16,20H,3,7H2,1-2H3. The number of benzene rings is 1. The van der Waals surface area contributed by atoms with Crippen LogP contribution in [0.1, 0.15) is 30.5 Å². The molecule has 5 heteroatoms. The molecule has 1 N–H and O–H groups in total. The summed E-state index contributed by atoms with van der Waals surface area (Å²) in [7, 11) is 1.59. The highest BCUT2D eigenvalue weighted by atomic mass is 79.9. The molecule has 0 aliphatic carbocycles. The van der Waals surface area contributed by atoms with Crippen molar-refractivity contribution in [3.63, 3.8) is 0 Å². The first kappa shape index (κ1) is 15.9. The molecular weight excluding hydrogens is 335 g/mol. The first-order valence-electron chi connectivity index (χ1n) is 6.83. The van der Waals surface area contributed by atoms with Gasteiger partial charge in [-0.2, -0.15) is 0 Å². The maximum atomic E-state index is 14.3. The largest absolute Gasteiger partial charge is 0.495 e. The van der Waals surface area contributed by atoms with Crippen molar-refractivity contribution in [3.05, 3.63) is 58.1 Å². The van der Waals surface area contributed by atoms with E-state index in [1.807, 2.05) is 12.1 Å². The second-order valence-electron chi connectivity index (χ2n) is 4.68. The molecule has 0 amide bonds. The number of ether oxygens (including phenoxy) is 1. The monoisotopic (exact) mass is 352 g/mol. The SMILES string of the molecule is CCCNC(c1cncc(OC)c1)c1c(F)cccc1Br. The molecule has 2 rings (SSSR count).